The lowest BCUT2D eigenvalue weighted by Crippen LogP contribution is -2.33. The standard InChI is InChI=1S/C22H23N7O3/c1-32-22(31)12-8-13(9-12)29-21-16(20(24)26-10-27-21)18(28-29)17(23)15(19(30)11-5-6-11)14-4-2-3-7-25-14/h2-4,7,10-13H,5-6,8-9,23H2,1H3,(H2,24,26,27)/b17-15-. The van der Waals surface area contributed by atoms with E-state index in [0.29, 0.717) is 40.8 Å². The van der Waals surface area contributed by atoms with Crippen LogP contribution in [0.5, 0.6) is 0 Å². The highest BCUT2D eigenvalue weighted by atomic mass is 16.5. The number of rotatable bonds is 6. The highest BCUT2D eigenvalue weighted by molar-refractivity contribution is 6.29. The molecule has 2 fully saturated rings. The van der Waals surface area contributed by atoms with E-state index in [1.54, 1.807) is 23.0 Å². The Morgan fingerprint density at radius 1 is 1.12 bits per heavy atom. The number of allylic oxidation sites excluding steroid dienone is 1. The van der Waals surface area contributed by atoms with Gasteiger partial charge < -0.3 is 16.2 Å². The van der Waals surface area contributed by atoms with Crippen LogP contribution < -0.4 is 11.5 Å². The van der Waals surface area contributed by atoms with Gasteiger partial charge in [-0.25, -0.2) is 14.6 Å². The first kappa shape index (κ1) is 20.1. The van der Waals surface area contributed by atoms with Crippen molar-refractivity contribution in [3.05, 3.63) is 42.1 Å². The van der Waals surface area contributed by atoms with Crippen LogP contribution in [0.3, 0.4) is 0 Å². The van der Waals surface area contributed by atoms with E-state index in [1.165, 1.54) is 13.4 Å². The molecule has 0 atom stereocenters. The molecule has 0 spiro atoms. The van der Waals surface area contributed by atoms with Crippen molar-refractivity contribution in [2.45, 2.75) is 31.7 Å². The van der Waals surface area contributed by atoms with Crippen molar-refractivity contribution in [1.82, 2.24) is 24.7 Å². The fourth-order valence-electron chi connectivity index (χ4n) is 4.16. The molecule has 0 bridgehead atoms. The molecule has 32 heavy (non-hydrogen) atoms. The highest BCUT2D eigenvalue weighted by Crippen LogP contribution is 2.42. The second-order valence-corrected chi connectivity index (χ2v) is 8.24. The van der Waals surface area contributed by atoms with Crippen molar-refractivity contribution >= 4 is 39.9 Å². The number of fused-ring (bicyclic) bond motifs is 1. The van der Waals surface area contributed by atoms with Crippen LogP contribution in [0.1, 0.15) is 43.1 Å². The second kappa shape index (κ2) is 7.70. The van der Waals surface area contributed by atoms with Crippen LogP contribution in [0, 0.1) is 11.8 Å². The number of nitrogens with two attached hydrogens (primary N) is 2. The summed E-state index contributed by atoms with van der Waals surface area (Å²) in [6.45, 7) is 0. The third-order valence-corrected chi connectivity index (χ3v) is 6.15. The lowest BCUT2D eigenvalue weighted by atomic mass is 9.80. The van der Waals surface area contributed by atoms with Crippen LogP contribution in [0.15, 0.2) is 30.7 Å². The minimum Gasteiger partial charge on any atom is -0.469 e. The van der Waals surface area contributed by atoms with Gasteiger partial charge in [0.05, 0.1) is 41.4 Å². The van der Waals surface area contributed by atoms with Gasteiger partial charge in [-0.15, -0.1) is 0 Å². The summed E-state index contributed by atoms with van der Waals surface area (Å²) in [5.74, 6) is -0.296. The number of ketones is 1. The molecule has 2 saturated carbocycles. The summed E-state index contributed by atoms with van der Waals surface area (Å²) in [5.41, 5.74) is 14.7. The van der Waals surface area contributed by atoms with E-state index in [1.807, 2.05) is 6.07 Å². The molecule has 5 rings (SSSR count). The normalized spacial score (nSPS) is 21.0. The Balaban J connectivity index is 1.65. The van der Waals surface area contributed by atoms with Gasteiger partial charge in [-0.1, -0.05) is 6.07 Å². The number of aromatic nitrogens is 5. The molecule has 2 aliphatic rings. The van der Waals surface area contributed by atoms with E-state index in [9.17, 15) is 9.59 Å². The molecule has 0 amide bonds. The van der Waals surface area contributed by atoms with Crippen LogP contribution in [0.4, 0.5) is 5.82 Å². The van der Waals surface area contributed by atoms with Crippen molar-refractivity contribution in [2.75, 3.05) is 12.8 Å². The molecule has 0 aromatic carbocycles. The lowest BCUT2D eigenvalue weighted by molar-refractivity contribution is -0.149. The zero-order valence-electron chi connectivity index (χ0n) is 17.6. The molecule has 10 nitrogen and oxygen atoms in total. The number of methoxy groups -OCH3 is 1. The number of ether oxygens (including phenoxy) is 1. The molecule has 0 aliphatic heterocycles. The van der Waals surface area contributed by atoms with Gasteiger partial charge in [0, 0.05) is 12.1 Å². The highest BCUT2D eigenvalue weighted by Gasteiger charge is 2.39. The fraction of sp³-hybridized carbons (Fsp3) is 0.364. The molecule has 10 heteroatoms. The van der Waals surface area contributed by atoms with Crippen LogP contribution in [-0.2, 0) is 14.3 Å². The molecule has 2 aliphatic carbocycles. The third-order valence-electron chi connectivity index (χ3n) is 6.15. The van der Waals surface area contributed by atoms with Gasteiger partial charge in [0.1, 0.15) is 17.8 Å². The quantitative estimate of drug-likeness (QED) is 0.437. The largest absolute Gasteiger partial charge is 0.469 e. The number of carbonyl (C=O) groups is 2. The number of hydrogen-bond donors (Lipinski definition) is 2. The number of carbonyl (C=O) groups excluding carboxylic acids is 2. The minimum atomic E-state index is -0.237. The van der Waals surface area contributed by atoms with Gasteiger partial charge in [0.25, 0.3) is 0 Å². The van der Waals surface area contributed by atoms with Crippen LogP contribution in [-0.4, -0.2) is 43.6 Å². The number of hydrogen-bond acceptors (Lipinski definition) is 9. The second-order valence-electron chi connectivity index (χ2n) is 8.24. The number of pyridine rings is 1. The Kier molecular flexibility index (Phi) is 4.84. The zero-order valence-corrected chi connectivity index (χ0v) is 17.6. The summed E-state index contributed by atoms with van der Waals surface area (Å²) in [6.07, 6.45) is 5.80. The van der Waals surface area contributed by atoms with Crippen LogP contribution in [0.2, 0.25) is 0 Å². The van der Waals surface area contributed by atoms with Gasteiger partial charge in [0.15, 0.2) is 11.4 Å². The van der Waals surface area contributed by atoms with Crippen LogP contribution in [0.25, 0.3) is 22.3 Å². The maximum absolute atomic E-state index is 13.2. The first-order chi connectivity index (χ1) is 15.5. The Hall–Kier alpha value is -3.82. The van der Waals surface area contributed by atoms with E-state index in [0.717, 1.165) is 12.8 Å². The van der Waals surface area contributed by atoms with Crippen molar-refractivity contribution in [3.63, 3.8) is 0 Å². The summed E-state index contributed by atoms with van der Waals surface area (Å²) in [6, 6.07) is 5.29. The number of nitrogens with zero attached hydrogens (tertiary/aromatic N) is 5. The van der Waals surface area contributed by atoms with Crippen molar-refractivity contribution in [3.8, 4) is 0 Å². The maximum atomic E-state index is 13.2. The Morgan fingerprint density at radius 2 is 1.91 bits per heavy atom. The smallest absolute Gasteiger partial charge is 0.308 e. The van der Waals surface area contributed by atoms with Crippen molar-refractivity contribution in [1.29, 1.82) is 0 Å². The van der Waals surface area contributed by atoms with E-state index in [4.69, 9.17) is 21.3 Å². The summed E-state index contributed by atoms with van der Waals surface area (Å²) in [7, 11) is 1.38. The lowest BCUT2D eigenvalue weighted by Gasteiger charge is -2.33. The molecular formula is C22H23N7O3. The summed E-state index contributed by atoms with van der Waals surface area (Å²) in [4.78, 5) is 37.8. The first-order valence-electron chi connectivity index (χ1n) is 10.5. The molecule has 3 heterocycles. The van der Waals surface area contributed by atoms with Gasteiger partial charge >= 0.3 is 5.97 Å². The Bertz CT molecular complexity index is 1240. The summed E-state index contributed by atoms with van der Waals surface area (Å²) in [5, 5.41) is 5.21. The van der Waals surface area contributed by atoms with Gasteiger partial charge in [-0.05, 0) is 37.8 Å². The monoisotopic (exact) mass is 433 g/mol. The number of esters is 1. The van der Waals surface area contributed by atoms with E-state index in [2.05, 4.69) is 15.0 Å². The topological polar surface area (TPSA) is 152 Å². The average molecular weight is 433 g/mol. The van der Waals surface area contributed by atoms with Gasteiger partial charge in [-0.3, -0.25) is 14.6 Å². The predicted octanol–water partition coefficient (Wildman–Crippen LogP) is 1.73. The van der Waals surface area contributed by atoms with Crippen molar-refractivity contribution in [2.24, 2.45) is 17.6 Å². The molecule has 0 radical (unpaired) electrons. The maximum Gasteiger partial charge on any atom is 0.308 e. The molecule has 0 saturated heterocycles. The van der Waals surface area contributed by atoms with Crippen molar-refractivity contribution < 1.29 is 14.3 Å². The van der Waals surface area contributed by atoms with Gasteiger partial charge in [-0.2, -0.15) is 5.10 Å². The van der Waals surface area contributed by atoms with E-state index >= 15 is 0 Å². The van der Waals surface area contributed by atoms with Gasteiger partial charge in [0.2, 0.25) is 0 Å². The fourth-order valence-corrected chi connectivity index (χ4v) is 4.16. The van der Waals surface area contributed by atoms with E-state index < -0.39 is 0 Å². The summed E-state index contributed by atoms with van der Waals surface area (Å²) >= 11 is 0. The molecule has 0 unspecified atom stereocenters. The number of anilines is 1. The Labute approximate surface area is 183 Å². The average Bonchev–Trinajstić information content (AvgIpc) is 3.55. The molecule has 4 N–H and O–H groups in total. The third kappa shape index (κ3) is 3.28. The van der Waals surface area contributed by atoms with E-state index in [-0.39, 0.29) is 41.1 Å². The molecule has 3 aromatic heterocycles. The van der Waals surface area contributed by atoms with Crippen LogP contribution >= 0.6 is 0 Å². The predicted molar refractivity (Wildman–Crippen MR) is 116 cm³/mol. The first-order valence-corrected chi connectivity index (χ1v) is 10.5. The number of Topliss-reactive ketones (excluding diaryl/α,β-unsaturated/α-hetero) is 1. The zero-order chi connectivity index (χ0) is 22.4. The molecule has 3 aromatic rings. The summed E-state index contributed by atoms with van der Waals surface area (Å²) < 4.78 is 6.57. The number of nitrogen functional groups attached to an aromatic ring is 1. The molecule has 164 valence electrons. The Morgan fingerprint density at radius 3 is 2.56 bits per heavy atom. The minimum absolute atomic E-state index is 0.0475. The molecular weight excluding hydrogens is 410 g/mol. The SMILES string of the molecule is COC(=O)C1CC(n2nc(/C(N)=C(/C(=O)C3CC3)c3ccccn3)c3c(N)ncnc32)C1.